The lowest BCUT2D eigenvalue weighted by Crippen LogP contribution is -2.58. The van der Waals surface area contributed by atoms with Crippen LogP contribution in [0.3, 0.4) is 0 Å². The Hall–Kier alpha value is -2.85. The van der Waals surface area contributed by atoms with Crippen molar-refractivity contribution in [1.82, 2.24) is 20.0 Å². The average Bonchev–Trinajstić information content (AvgIpc) is 3.18. The van der Waals surface area contributed by atoms with Crippen LogP contribution >= 0.6 is 0 Å². The lowest BCUT2D eigenvalue weighted by Gasteiger charge is -2.55. The van der Waals surface area contributed by atoms with E-state index < -0.39 is 17.8 Å². The maximum Gasteiger partial charge on any atom is 0.416 e. The van der Waals surface area contributed by atoms with Gasteiger partial charge in [-0.3, -0.25) is 0 Å². The minimum atomic E-state index is -4.40. The van der Waals surface area contributed by atoms with Gasteiger partial charge in [0.15, 0.2) is 5.82 Å². The van der Waals surface area contributed by atoms with E-state index in [0.717, 1.165) is 25.0 Å². The second-order valence-electron chi connectivity index (χ2n) is 8.30. The molecule has 0 aromatic carbocycles. The van der Waals surface area contributed by atoms with Crippen molar-refractivity contribution in [2.45, 2.75) is 57.8 Å². The lowest BCUT2D eigenvalue weighted by atomic mass is 9.60. The number of halogens is 3. The summed E-state index contributed by atoms with van der Waals surface area (Å²) >= 11 is 0. The van der Waals surface area contributed by atoms with E-state index in [9.17, 15) is 23.1 Å². The van der Waals surface area contributed by atoms with E-state index in [1.165, 1.54) is 11.1 Å². The van der Waals surface area contributed by atoms with Crippen molar-refractivity contribution in [3.05, 3.63) is 35.6 Å². The van der Waals surface area contributed by atoms with Gasteiger partial charge in [-0.1, -0.05) is 12.1 Å². The van der Waals surface area contributed by atoms with Crippen molar-refractivity contribution in [1.29, 1.82) is 0 Å². The van der Waals surface area contributed by atoms with Crippen LogP contribution in [0.15, 0.2) is 22.9 Å². The van der Waals surface area contributed by atoms with Gasteiger partial charge in [-0.25, -0.2) is 4.98 Å². The summed E-state index contributed by atoms with van der Waals surface area (Å²) in [7, 11) is 0. The summed E-state index contributed by atoms with van der Waals surface area (Å²) < 4.78 is 44.0. The second-order valence-corrected chi connectivity index (χ2v) is 8.30. The molecule has 1 aliphatic carbocycles. The number of piperidine rings is 1. The molecule has 0 unspecified atom stereocenters. The van der Waals surface area contributed by atoms with Gasteiger partial charge in [-0.2, -0.15) is 18.2 Å². The summed E-state index contributed by atoms with van der Waals surface area (Å²) in [5.74, 6) is 1.08. The molecule has 0 atom stereocenters. The van der Waals surface area contributed by atoms with E-state index in [-0.39, 0.29) is 23.9 Å². The normalized spacial score (nSPS) is 18.8. The molecule has 1 saturated heterocycles. The molecule has 1 amide bonds. The number of hydrogen-bond donors (Lipinski definition) is 0. The van der Waals surface area contributed by atoms with Gasteiger partial charge < -0.3 is 24.2 Å². The Balaban J connectivity index is 1.35. The lowest BCUT2D eigenvalue weighted by molar-refractivity contribution is -0.273. The van der Waals surface area contributed by atoms with Crippen LogP contribution in [0.4, 0.5) is 23.8 Å². The van der Waals surface area contributed by atoms with Crippen LogP contribution in [0.2, 0.25) is 0 Å². The van der Waals surface area contributed by atoms with Crippen LogP contribution in [0.25, 0.3) is 0 Å². The molecule has 1 aliphatic heterocycles. The number of hydrogen-bond acceptors (Lipinski definition) is 7. The minimum Gasteiger partial charge on any atom is -0.530 e. The molecule has 4 rings (SSSR count). The zero-order valence-corrected chi connectivity index (χ0v) is 17.1. The number of nitrogens with zero attached hydrogens (tertiary/aromatic N) is 5. The highest BCUT2D eigenvalue weighted by molar-refractivity contribution is 5.63. The number of aryl methyl sites for hydroxylation is 1. The maximum atomic E-state index is 13.0. The second kappa shape index (κ2) is 8.01. The fourth-order valence-electron chi connectivity index (χ4n) is 4.53. The van der Waals surface area contributed by atoms with Crippen LogP contribution in [-0.4, -0.2) is 45.2 Å². The van der Waals surface area contributed by atoms with E-state index >= 15 is 0 Å². The summed E-state index contributed by atoms with van der Waals surface area (Å²) in [4.78, 5) is 23.0. The van der Waals surface area contributed by atoms with Gasteiger partial charge in [0.1, 0.15) is 11.9 Å². The summed E-state index contributed by atoms with van der Waals surface area (Å²) in [6.45, 7) is 3.03. The standard InChI is InChI=1S/C20H24F3N5O3/c1-2-15-25-17(31-26-15)12-28(18(29)30)14-10-19(11-14)4-7-27(8-5-19)16-9-13(3-6-24-16)20(21,22)23/h3,6,9,14H,2,4-5,7-8,10-12H2,1H3,(H,29,30)/p-1. The van der Waals surface area contributed by atoms with Crippen molar-refractivity contribution in [3.63, 3.8) is 0 Å². The topological polar surface area (TPSA) is 98.4 Å². The molecule has 168 valence electrons. The zero-order chi connectivity index (χ0) is 22.2. The number of aromatic nitrogens is 3. The highest BCUT2D eigenvalue weighted by atomic mass is 19.4. The molecular formula is C20H23F3N5O3-. The number of amides is 1. The number of pyridine rings is 1. The monoisotopic (exact) mass is 438 g/mol. The first-order chi connectivity index (χ1) is 14.7. The zero-order valence-electron chi connectivity index (χ0n) is 17.1. The van der Waals surface area contributed by atoms with Gasteiger partial charge in [0.2, 0.25) is 5.89 Å². The Morgan fingerprint density at radius 3 is 2.65 bits per heavy atom. The summed E-state index contributed by atoms with van der Waals surface area (Å²) in [6.07, 6.45) is -1.01. The fourth-order valence-corrected chi connectivity index (χ4v) is 4.53. The van der Waals surface area contributed by atoms with Crippen molar-refractivity contribution in [2.24, 2.45) is 5.41 Å². The minimum absolute atomic E-state index is 0.00361. The van der Waals surface area contributed by atoms with Crippen LogP contribution in [0.5, 0.6) is 0 Å². The molecule has 0 radical (unpaired) electrons. The van der Waals surface area contributed by atoms with Crippen LogP contribution in [0, 0.1) is 5.41 Å². The van der Waals surface area contributed by atoms with E-state index in [0.29, 0.717) is 44.0 Å². The largest absolute Gasteiger partial charge is 0.530 e. The number of carboxylic acid groups (broad SMARTS) is 1. The molecular weight excluding hydrogens is 415 g/mol. The third kappa shape index (κ3) is 4.45. The summed E-state index contributed by atoms with van der Waals surface area (Å²) in [5, 5.41) is 15.4. The molecule has 2 aromatic heterocycles. The maximum absolute atomic E-state index is 13.0. The molecule has 2 aromatic rings. The highest BCUT2D eigenvalue weighted by Gasteiger charge is 2.48. The van der Waals surface area contributed by atoms with Crippen LogP contribution in [-0.2, 0) is 19.1 Å². The Labute approximate surface area is 177 Å². The Morgan fingerprint density at radius 1 is 1.35 bits per heavy atom. The predicted octanol–water partition coefficient (Wildman–Crippen LogP) is 2.64. The number of carbonyl (C=O) groups excluding carboxylic acids is 1. The van der Waals surface area contributed by atoms with Gasteiger partial charge in [-0.15, -0.1) is 0 Å². The third-order valence-corrected chi connectivity index (χ3v) is 6.37. The van der Waals surface area contributed by atoms with Gasteiger partial charge >= 0.3 is 6.18 Å². The first-order valence-electron chi connectivity index (χ1n) is 10.3. The van der Waals surface area contributed by atoms with Crippen molar-refractivity contribution < 1.29 is 27.6 Å². The average molecular weight is 438 g/mol. The Bertz CT molecular complexity index is 932. The molecule has 0 bridgehead atoms. The Morgan fingerprint density at radius 2 is 2.06 bits per heavy atom. The molecule has 1 spiro atoms. The molecule has 0 N–H and O–H groups in total. The van der Waals surface area contributed by atoms with E-state index in [4.69, 9.17) is 4.52 Å². The Kier molecular flexibility index (Phi) is 5.52. The van der Waals surface area contributed by atoms with Gasteiger partial charge in [-0.05, 0) is 43.2 Å². The van der Waals surface area contributed by atoms with Crippen molar-refractivity contribution in [2.75, 3.05) is 18.0 Å². The third-order valence-electron chi connectivity index (χ3n) is 6.37. The summed E-state index contributed by atoms with van der Waals surface area (Å²) in [6, 6.07) is 1.85. The van der Waals surface area contributed by atoms with Gasteiger partial charge in [0.05, 0.1) is 12.1 Å². The predicted molar refractivity (Wildman–Crippen MR) is 101 cm³/mol. The molecule has 8 nitrogen and oxygen atoms in total. The molecule has 11 heteroatoms. The smallest absolute Gasteiger partial charge is 0.416 e. The van der Waals surface area contributed by atoms with E-state index in [2.05, 4.69) is 15.1 Å². The first kappa shape index (κ1) is 21.4. The quantitative estimate of drug-likeness (QED) is 0.708. The first-order valence-corrected chi connectivity index (χ1v) is 10.3. The SMILES string of the molecule is CCc1noc(CN(C(=O)[O-])C2CC3(CCN(c4cc(C(F)(F)F)ccn4)CC3)C2)n1. The molecule has 2 fully saturated rings. The van der Waals surface area contributed by atoms with Gasteiger partial charge in [0, 0.05) is 31.7 Å². The number of rotatable bonds is 5. The molecule has 3 heterocycles. The fraction of sp³-hybridized carbons (Fsp3) is 0.600. The highest BCUT2D eigenvalue weighted by Crippen LogP contribution is 2.51. The van der Waals surface area contributed by atoms with E-state index in [1.807, 2.05) is 11.8 Å². The van der Waals surface area contributed by atoms with Gasteiger partial charge in [0.25, 0.3) is 0 Å². The molecule has 31 heavy (non-hydrogen) atoms. The van der Waals surface area contributed by atoms with Crippen LogP contribution in [0.1, 0.15) is 49.9 Å². The number of alkyl halides is 3. The van der Waals surface area contributed by atoms with Crippen molar-refractivity contribution in [3.8, 4) is 0 Å². The summed E-state index contributed by atoms with van der Waals surface area (Å²) in [5.41, 5.74) is -0.724. The molecule has 1 saturated carbocycles. The van der Waals surface area contributed by atoms with Crippen LogP contribution < -0.4 is 10.0 Å². The number of anilines is 1. The van der Waals surface area contributed by atoms with Crippen molar-refractivity contribution >= 4 is 11.9 Å². The van der Waals surface area contributed by atoms with E-state index in [1.54, 1.807) is 0 Å². The molecule has 2 aliphatic rings. The number of carbonyl (C=O) groups is 1.